The van der Waals surface area contributed by atoms with E-state index in [9.17, 15) is 5.11 Å². The van der Waals surface area contributed by atoms with Gasteiger partial charge in [-0.05, 0) is 67.6 Å². The van der Waals surface area contributed by atoms with Gasteiger partial charge in [0.25, 0.3) is 0 Å². The van der Waals surface area contributed by atoms with E-state index in [1.165, 1.54) is 29.5 Å². The van der Waals surface area contributed by atoms with E-state index in [4.69, 9.17) is 15.2 Å². The summed E-state index contributed by atoms with van der Waals surface area (Å²) in [6, 6.07) is 6.94. The van der Waals surface area contributed by atoms with Gasteiger partial charge in [-0.2, -0.15) is 0 Å². The van der Waals surface area contributed by atoms with Crippen molar-refractivity contribution in [1.29, 1.82) is 0 Å². The number of aliphatic hydroxyl groups is 1. The summed E-state index contributed by atoms with van der Waals surface area (Å²) < 4.78 is 11.7. The number of aliphatic hydroxyl groups excluding tert-OH is 1. The lowest BCUT2D eigenvalue weighted by molar-refractivity contribution is -0.00106. The molecule has 1 aromatic rings. The van der Waals surface area contributed by atoms with Gasteiger partial charge in [0, 0.05) is 12.1 Å². The summed E-state index contributed by atoms with van der Waals surface area (Å²) in [6.07, 6.45) is 10.0. The SMILES string of the molecule is CCCCCOCCO[C@H]1CCc2cc([C@H]3CC[C@](N)(CO)C3)ccc2C1. The fourth-order valence-corrected chi connectivity index (χ4v) is 4.55. The minimum Gasteiger partial charge on any atom is -0.394 e. The molecule has 0 amide bonds. The average Bonchev–Trinajstić information content (AvgIpc) is 3.10. The predicted molar refractivity (Wildman–Crippen MR) is 109 cm³/mol. The summed E-state index contributed by atoms with van der Waals surface area (Å²) in [5, 5.41) is 9.51. The third kappa shape index (κ3) is 5.77. The highest BCUT2D eigenvalue weighted by molar-refractivity contribution is 5.36. The van der Waals surface area contributed by atoms with Gasteiger partial charge >= 0.3 is 0 Å². The first kappa shape index (κ1) is 20.8. The average molecular weight is 376 g/mol. The maximum absolute atomic E-state index is 9.51. The molecule has 4 nitrogen and oxygen atoms in total. The van der Waals surface area contributed by atoms with Crippen LogP contribution in [0, 0.1) is 0 Å². The number of hydrogen-bond donors (Lipinski definition) is 2. The second-order valence-electron chi connectivity index (χ2n) is 8.54. The Morgan fingerprint density at radius 1 is 1.15 bits per heavy atom. The van der Waals surface area contributed by atoms with Crippen LogP contribution in [0.25, 0.3) is 0 Å². The van der Waals surface area contributed by atoms with E-state index in [2.05, 4.69) is 25.1 Å². The Morgan fingerprint density at radius 2 is 2.04 bits per heavy atom. The second-order valence-corrected chi connectivity index (χ2v) is 8.54. The largest absolute Gasteiger partial charge is 0.394 e. The molecule has 3 N–H and O–H groups in total. The molecular weight excluding hydrogens is 338 g/mol. The van der Waals surface area contributed by atoms with Crippen molar-refractivity contribution in [1.82, 2.24) is 0 Å². The number of unbranched alkanes of at least 4 members (excludes halogenated alkanes) is 2. The van der Waals surface area contributed by atoms with Crippen molar-refractivity contribution >= 4 is 0 Å². The standard InChI is InChI=1S/C23H37NO3/c1-2-3-4-11-26-12-13-27-22-8-7-18-14-19(5-6-20(18)15-22)21-9-10-23(24,16-21)17-25/h5-6,14,21-22,25H,2-4,7-13,15-17,24H2,1H3/t21-,22-,23+/m0/s1. The number of ether oxygens (including phenoxy) is 2. The van der Waals surface area contributed by atoms with Crippen LogP contribution in [-0.2, 0) is 22.3 Å². The lowest BCUT2D eigenvalue weighted by atomic mass is 9.85. The summed E-state index contributed by atoms with van der Waals surface area (Å²) in [6.45, 7) is 4.57. The monoisotopic (exact) mass is 375 g/mol. The molecule has 0 heterocycles. The van der Waals surface area contributed by atoms with Crippen molar-refractivity contribution in [3.8, 4) is 0 Å². The number of fused-ring (bicyclic) bond motifs is 1. The lowest BCUT2D eigenvalue weighted by Gasteiger charge is -2.26. The zero-order valence-corrected chi connectivity index (χ0v) is 16.9. The molecule has 3 rings (SSSR count). The highest BCUT2D eigenvalue weighted by atomic mass is 16.5. The zero-order valence-electron chi connectivity index (χ0n) is 16.9. The van der Waals surface area contributed by atoms with E-state index in [0.29, 0.717) is 25.2 Å². The topological polar surface area (TPSA) is 64.7 Å². The van der Waals surface area contributed by atoms with Crippen LogP contribution < -0.4 is 5.73 Å². The molecule has 4 heteroatoms. The third-order valence-corrected chi connectivity index (χ3v) is 6.32. The molecule has 0 spiro atoms. The Bertz CT molecular complexity index is 591. The smallest absolute Gasteiger partial charge is 0.0704 e. The van der Waals surface area contributed by atoms with Crippen LogP contribution in [0.3, 0.4) is 0 Å². The van der Waals surface area contributed by atoms with Crippen molar-refractivity contribution in [2.45, 2.75) is 82.3 Å². The maximum Gasteiger partial charge on any atom is 0.0704 e. The second kappa shape index (κ2) is 10.0. The Kier molecular flexibility index (Phi) is 7.71. The van der Waals surface area contributed by atoms with Crippen LogP contribution in [0.4, 0.5) is 0 Å². The first-order valence-electron chi connectivity index (χ1n) is 10.8. The fraction of sp³-hybridized carbons (Fsp3) is 0.739. The summed E-state index contributed by atoms with van der Waals surface area (Å²) in [4.78, 5) is 0. The molecule has 0 saturated heterocycles. The van der Waals surface area contributed by atoms with Gasteiger partial charge in [0.05, 0.1) is 25.9 Å². The molecule has 1 fully saturated rings. The van der Waals surface area contributed by atoms with Crippen LogP contribution in [-0.4, -0.2) is 43.2 Å². The number of aryl methyl sites for hydroxylation is 1. The first-order chi connectivity index (χ1) is 13.1. The number of rotatable bonds is 10. The van der Waals surface area contributed by atoms with E-state index in [0.717, 1.165) is 51.6 Å². The maximum atomic E-state index is 9.51. The fourth-order valence-electron chi connectivity index (χ4n) is 4.55. The first-order valence-corrected chi connectivity index (χ1v) is 10.8. The summed E-state index contributed by atoms with van der Waals surface area (Å²) in [7, 11) is 0. The Labute approximate surface area is 164 Å². The van der Waals surface area contributed by atoms with Gasteiger partial charge in [0.15, 0.2) is 0 Å². The van der Waals surface area contributed by atoms with Crippen molar-refractivity contribution in [3.63, 3.8) is 0 Å². The molecule has 1 saturated carbocycles. The van der Waals surface area contributed by atoms with Crippen LogP contribution in [0.5, 0.6) is 0 Å². The molecule has 0 aromatic heterocycles. The molecule has 0 radical (unpaired) electrons. The van der Waals surface area contributed by atoms with Gasteiger partial charge < -0.3 is 20.3 Å². The Balaban J connectivity index is 1.44. The van der Waals surface area contributed by atoms with E-state index in [1.807, 2.05) is 0 Å². The van der Waals surface area contributed by atoms with E-state index in [1.54, 1.807) is 0 Å². The molecule has 2 aliphatic carbocycles. The number of hydrogen-bond acceptors (Lipinski definition) is 4. The van der Waals surface area contributed by atoms with Crippen molar-refractivity contribution in [2.24, 2.45) is 5.73 Å². The van der Waals surface area contributed by atoms with Crippen LogP contribution in [0.1, 0.15) is 74.5 Å². The molecule has 152 valence electrons. The Morgan fingerprint density at radius 3 is 2.81 bits per heavy atom. The molecule has 1 aromatic carbocycles. The minimum absolute atomic E-state index is 0.0930. The van der Waals surface area contributed by atoms with Crippen LogP contribution in [0.2, 0.25) is 0 Å². The molecule has 27 heavy (non-hydrogen) atoms. The van der Waals surface area contributed by atoms with E-state index >= 15 is 0 Å². The normalized spacial score (nSPS) is 27.7. The van der Waals surface area contributed by atoms with Crippen molar-refractivity contribution in [2.75, 3.05) is 26.4 Å². The van der Waals surface area contributed by atoms with Crippen molar-refractivity contribution < 1.29 is 14.6 Å². The van der Waals surface area contributed by atoms with Gasteiger partial charge in [-0.15, -0.1) is 0 Å². The summed E-state index contributed by atoms with van der Waals surface area (Å²) in [5.41, 5.74) is 10.2. The molecule has 2 aliphatic rings. The quantitative estimate of drug-likeness (QED) is 0.612. The predicted octanol–water partition coefficient (Wildman–Crippen LogP) is 3.72. The van der Waals surface area contributed by atoms with Gasteiger partial charge in [0.1, 0.15) is 0 Å². The van der Waals surface area contributed by atoms with Crippen LogP contribution >= 0.6 is 0 Å². The van der Waals surface area contributed by atoms with Gasteiger partial charge in [-0.3, -0.25) is 0 Å². The highest BCUT2D eigenvalue weighted by Gasteiger charge is 2.36. The Hall–Kier alpha value is -0.940. The number of benzene rings is 1. The molecule has 0 unspecified atom stereocenters. The highest BCUT2D eigenvalue weighted by Crippen LogP contribution is 2.40. The van der Waals surface area contributed by atoms with Crippen molar-refractivity contribution in [3.05, 3.63) is 34.9 Å². The van der Waals surface area contributed by atoms with Gasteiger partial charge in [0.2, 0.25) is 0 Å². The molecule has 3 atom stereocenters. The summed E-state index contributed by atoms with van der Waals surface area (Å²) in [5.74, 6) is 0.492. The van der Waals surface area contributed by atoms with Gasteiger partial charge in [-0.25, -0.2) is 0 Å². The van der Waals surface area contributed by atoms with E-state index in [-0.39, 0.29) is 12.1 Å². The minimum atomic E-state index is -0.377. The van der Waals surface area contributed by atoms with Gasteiger partial charge in [-0.1, -0.05) is 38.0 Å². The molecular formula is C23H37NO3. The number of nitrogens with two attached hydrogens (primary N) is 1. The molecule has 0 bridgehead atoms. The molecule has 0 aliphatic heterocycles. The zero-order chi connectivity index (χ0) is 19.1. The summed E-state index contributed by atoms with van der Waals surface area (Å²) >= 11 is 0. The lowest BCUT2D eigenvalue weighted by Crippen LogP contribution is -2.40. The van der Waals surface area contributed by atoms with Crippen LogP contribution in [0.15, 0.2) is 18.2 Å². The van der Waals surface area contributed by atoms with E-state index < -0.39 is 0 Å². The third-order valence-electron chi connectivity index (χ3n) is 6.32.